The maximum Gasteiger partial charge on any atom is 0.319 e. The molecule has 2 rings (SSSR count). The van der Waals surface area contributed by atoms with Crippen molar-refractivity contribution < 1.29 is 14.2 Å². The minimum Gasteiger partial charge on any atom is -0.467 e. The highest BCUT2D eigenvalue weighted by Crippen LogP contribution is 2.33. The monoisotopic (exact) mass is 234 g/mol. The van der Waals surface area contributed by atoms with Gasteiger partial charge in [0.05, 0.1) is 23.3 Å². The third kappa shape index (κ3) is 1.96. The number of nitro benzene ring substituents is 1. The summed E-state index contributed by atoms with van der Waals surface area (Å²) in [7, 11) is 1.48. The van der Waals surface area contributed by atoms with E-state index in [2.05, 4.69) is 5.16 Å². The third-order valence-electron chi connectivity index (χ3n) is 2.38. The van der Waals surface area contributed by atoms with Gasteiger partial charge in [0.15, 0.2) is 0 Å². The first-order chi connectivity index (χ1) is 8.13. The number of hydrogen-bond donors (Lipinski definition) is 0. The molecule has 0 N–H and O–H groups in total. The summed E-state index contributed by atoms with van der Waals surface area (Å²) >= 11 is 0. The minimum atomic E-state index is -0.443. The quantitative estimate of drug-likeness (QED) is 0.602. The Bertz CT molecular complexity index is 545. The number of benzene rings is 1. The Kier molecular flexibility index (Phi) is 2.78. The highest BCUT2D eigenvalue weighted by atomic mass is 16.6. The van der Waals surface area contributed by atoms with E-state index in [-0.39, 0.29) is 5.69 Å². The molecule has 6 nitrogen and oxygen atoms in total. The van der Waals surface area contributed by atoms with Gasteiger partial charge in [-0.2, -0.15) is 0 Å². The molecule has 0 spiro atoms. The lowest BCUT2D eigenvalue weighted by atomic mass is 10.1. The molecule has 1 aromatic heterocycles. The molecule has 0 unspecified atom stereocenters. The maximum atomic E-state index is 10.5. The Labute approximate surface area is 97.0 Å². The molecule has 0 aliphatic carbocycles. The number of rotatable bonds is 3. The van der Waals surface area contributed by atoms with Gasteiger partial charge in [-0.15, -0.1) is 0 Å². The normalized spacial score (nSPS) is 10.2. The van der Waals surface area contributed by atoms with Crippen LogP contribution in [0.4, 0.5) is 5.69 Å². The molecule has 88 valence electrons. The lowest BCUT2D eigenvalue weighted by molar-refractivity contribution is -0.384. The minimum absolute atomic E-state index is 0.0434. The Morgan fingerprint density at radius 1 is 1.35 bits per heavy atom. The highest BCUT2D eigenvalue weighted by Gasteiger charge is 2.16. The summed E-state index contributed by atoms with van der Waals surface area (Å²) in [4.78, 5) is 10.1. The van der Waals surface area contributed by atoms with Gasteiger partial charge in [0.1, 0.15) is 0 Å². The first kappa shape index (κ1) is 11.1. The molecule has 0 amide bonds. The molecule has 1 aromatic carbocycles. The van der Waals surface area contributed by atoms with Crippen molar-refractivity contribution in [2.45, 2.75) is 6.92 Å². The van der Waals surface area contributed by atoms with Crippen molar-refractivity contribution in [1.82, 2.24) is 5.16 Å². The number of ether oxygens (including phenoxy) is 1. The van der Waals surface area contributed by atoms with Gasteiger partial charge in [-0.05, 0) is 24.6 Å². The van der Waals surface area contributed by atoms with Crippen molar-refractivity contribution in [3.63, 3.8) is 0 Å². The molecule has 0 aliphatic heterocycles. The molecular formula is C11H10N2O4. The molecule has 1 heterocycles. The van der Waals surface area contributed by atoms with Crippen LogP contribution in [0.3, 0.4) is 0 Å². The average molecular weight is 234 g/mol. The number of nitrogens with zero attached hydrogens (tertiary/aromatic N) is 2. The summed E-state index contributed by atoms with van der Waals surface area (Å²) in [6.07, 6.45) is 0. The van der Waals surface area contributed by atoms with E-state index in [1.54, 1.807) is 19.1 Å². The number of aryl methyl sites for hydroxylation is 1. The van der Waals surface area contributed by atoms with Crippen molar-refractivity contribution >= 4 is 5.69 Å². The Balaban J connectivity index is 2.46. The topological polar surface area (TPSA) is 78.4 Å². The molecule has 0 bridgehead atoms. The summed E-state index contributed by atoms with van der Waals surface area (Å²) in [5.41, 5.74) is 2.20. The van der Waals surface area contributed by atoms with Gasteiger partial charge in [0.25, 0.3) is 5.69 Å². The van der Waals surface area contributed by atoms with Crippen molar-refractivity contribution in [2.24, 2.45) is 0 Å². The van der Waals surface area contributed by atoms with Crippen molar-refractivity contribution in [1.29, 1.82) is 0 Å². The zero-order chi connectivity index (χ0) is 12.4. The van der Waals surface area contributed by atoms with Crippen LogP contribution in [0.5, 0.6) is 5.95 Å². The van der Waals surface area contributed by atoms with E-state index in [0.29, 0.717) is 17.2 Å². The highest BCUT2D eigenvalue weighted by molar-refractivity contribution is 5.71. The maximum absolute atomic E-state index is 10.5. The number of non-ortho nitro benzene ring substituents is 1. The van der Waals surface area contributed by atoms with Crippen LogP contribution >= 0.6 is 0 Å². The Morgan fingerprint density at radius 3 is 2.53 bits per heavy atom. The molecule has 0 saturated carbocycles. The number of hydrogen-bond acceptors (Lipinski definition) is 5. The zero-order valence-corrected chi connectivity index (χ0v) is 9.34. The Morgan fingerprint density at radius 2 is 2.00 bits per heavy atom. The molecule has 17 heavy (non-hydrogen) atoms. The first-order valence-corrected chi connectivity index (χ1v) is 4.88. The molecule has 6 heteroatoms. The van der Waals surface area contributed by atoms with E-state index in [9.17, 15) is 10.1 Å². The van der Waals surface area contributed by atoms with Crippen molar-refractivity contribution in [3.8, 4) is 17.1 Å². The van der Waals surface area contributed by atoms with Crippen LogP contribution in [0, 0.1) is 17.0 Å². The Hall–Kier alpha value is -2.37. The number of aromatic nitrogens is 1. The fourth-order valence-electron chi connectivity index (χ4n) is 1.56. The fraction of sp³-hybridized carbons (Fsp3) is 0.182. The van der Waals surface area contributed by atoms with Gasteiger partial charge in [0, 0.05) is 12.1 Å². The fourth-order valence-corrected chi connectivity index (χ4v) is 1.56. The summed E-state index contributed by atoms with van der Waals surface area (Å²) in [6.45, 7) is 1.78. The van der Waals surface area contributed by atoms with Gasteiger partial charge in [-0.3, -0.25) is 10.1 Å². The predicted octanol–water partition coefficient (Wildman–Crippen LogP) is 2.57. The van der Waals surface area contributed by atoms with Crippen LogP contribution in [-0.2, 0) is 0 Å². The largest absolute Gasteiger partial charge is 0.467 e. The van der Waals surface area contributed by atoms with Crippen LogP contribution in [-0.4, -0.2) is 17.2 Å². The van der Waals surface area contributed by atoms with Gasteiger partial charge >= 0.3 is 5.95 Å². The summed E-state index contributed by atoms with van der Waals surface area (Å²) < 4.78 is 10.0. The van der Waals surface area contributed by atoms with Gasteiger partial charge < -0.3 is 9.26 Å². The predicted molar refractivity (Wildman–Crippen MR) is 59.9 cm³/mol. The van der Waals surface area contributed by atoms with Crippen LogP contribution < -0.4 is 4.74 Å². The van der Waals surface area contributed by atoms with E-state index in [0.717, 1.165) is 5.56 Å². The summed E-state index contributed by atoms with van der Waals surface area (Å²) in [5, 5.41) is 14.3. The number of methoxy groups -OCH3 is 1. The second-order valence-corrected chi connectivity index (χ2v) is 3.44. The second kappa shape index (κ2) is 4.25. The molecule has 2 aromatic rings. The molecule has 0 saturated heterocycles. The van der Waals surface area contributed by atoms with Gasteiger partial charge in [-0.25, -0.2) is 0 Å². The lowest BCUT2D eigenvalue weighted by Gasteiger charge is -2.00. The molecule has 0 radical (unpaired) electrons. The van der Waals surface area contributed by atoms with Crippen LogP contribution in [0.25, 0.3) is 11.1 Å². The molecular weight excluding hydrogens is 224 g/mol. The van der Waals surface area contributed by atoms with Crippen LogP contribution in [0.2, 0.25) is 0 Å². The summed E-state index contributed by atoms with van der Waals surface area (Å²) in [5.74, 6) is 0.302. The van der Waals surface area contributed by atoms with Crippen LogP contribution in [0.1, 0.15) is 5.69 Å². The molecule has 0 aliphatic rings. The summed E-state index contributed by atoms with van der Waals surface area (Å²) in [6, 6.07) is 6.14. The first-order valence-electron chi connectivity index (χ1n) is 4.88. The SMILES string of the molecule is COc1onc(C)c1-c1ccc([N+](=O)[O-])cc1. The lowest BCUT2D eigenvalue weighted by Crippen LogP contribution is -1.88. The zero-order valence-electron chi connectivity index (χ0n) is 9.34. The molecule has 0 fully saturated rings. The second-order valence-electron chi connectivity index (χ2n) is 3.44. The van der Waals surface area contributed by atoms with E-state index < -0.39 is 4.92 Å². The van der Waals surface area contributed by atoms with Crippen molar-refractivity contribution in [2.75, 3.05) is 7.11 Å². The van der Waals surface area contributed by atoms with Crippen molar-refractivity contribution in [3.05, 3.63) is 40.1 Å². The third-order valence-corrected chi connectivity index (χ3v) is 2.38. The standard InChI is InChI=1S/C11H10N2O4/c1-7-10(11(16-2)17-12-7)8-3-5-9(6-4-8)13(14)15/h3-6H,1-2H3. The number of nitro groups is 1. The van der Waals surface area contributed by atoms with E-state index >= 15 is 0 Å². The molecule has 0 atom stereocenters. The van der Waals surface area contributed by atoms with Gasteiger partial charge in [-0.1, -0.05) is 5.16 Å². The van der Waals surface area contributed by atoms with E-state index in [4.69, 9.17) is 9.26 Å². The average Bonchev–Trinajstić information content (AvgIpc) is 2.70. The smallest absolute Gasteiger partial charge is 0.319 e. The van der Waals surface area contributed by atoms with E-state index in [1.165, 1.54) is 19.2 Å². The van der Waals surface area contributed by atoms with Crippen LogP contribution in [0.15, 0.2) is 28.8 Å². The van der Waals surface area contributed by atoms with E-state index in [1.807, 2.05) is 0 Å². The van der Waals surface area contributed by atoms with Gasteiger partial charge in [0.2, 0.25) is 0 Å².